The monoisotopic (exact) mass is 237 g/mol. The largest absolute Gasteiger partial charge is 0.458 e. The lowest BCUT2D eigenvalue weighted by Gasteiger charge is -2.04. The number of fused-ring (bicyclic) bond motifs is 1. The molecule has 16 heavy (non-hydrogen) atoms. The molecule has 0 radical (unpaired) electrons. The van der Waals surface area contributed by atoms with Crippen molar-refractivity contribution < 1.29 is 4.42 Å². The Balaban J connectivity index is 2.64. The van der Waals surface area contributed by atoms with Crippen molar-refractivity contribution in [3.05, 3.63) is 34.5 Å². The van der Waals surface area contributed by atoms with Crippen molar-refractivity contribution >= 4 is 22.6 Å². The van der Waals surface area contributed by atoms with Gasteiger partial charge in [-0.05, 0) is 18.4 Å². The molecule has 2 N–H and O–H groups in total. The second kappa shape index (κ2) is 4.48. The molecule has 0 amide bonds. The summed E-state index contributed by atoms with van der Waals surface area (Å²) < 4.78 is 5.72. The minimum atomic E-state index is 0.424. The lowest BCUT2D eigenvalue weighted by atomic mass is 10.00. The minimum absolute atomic E-state index is 0.424. The van der Waals surface area contributed by atoms with Gasteiger partial charge in [0.25, 0.3) is 0 Å². The molecule has 0 aliphatic carbocycles. The van der Waals surface area contributed by atoms with Crippen LogP contribution in [-0.2, 0) is 13.0 Å². The van der Waals surface area contributed by atoms with Crippen LogP contribution in [-0.4, -0.2) is 0 Å². The summed E-state index contributed by atoms with van der Waals surface area (Å²) in [6, 6.07) is 5.83. The summed E-state index contributed by atoms with van der Waals surface area (Å²) in [6.45, 7) is 4.79. The molecule has 86 valence electrons. The van der Waals surface area contributed by atoms with E-state index in [0.717, 1.165) is 23.2 Å². The summed E-state index contributed by atoms with van der Waals surface area (Å²) in [4.78, 5) is 0. The van der Waals surface area contributed by atoms with Crippen LogP contribution < -0.4 is 5.73 Å². The van der Waals surface area contributed by atoms with Crippen LogP contribution in [0, 0.1) is 5.92 Å². The zero-order valence-corrected chi connectivity index (χ0v) is 10.3. The number of halogens is 1. The van der Waals surface area contributed by atoms with Crippen molar-refractivity contribution in [2.75, 3.05) is 0 Å². The Hall–Kier alpha value is -0.990. The van der Waals surface area contributed by atoms with E-state index < -0.39 is 0 Å². The highest BCUT2D eigenvalue weighted by molar-refractivity contribution is 6.34. The number of benzene rings is 1. The first-order valence-corrected chi connectivity index (χ1v) is 5.90. The minimum Gasteiger partial charge on any atom is -0.458 e. The van der Waals surface area contributed by atoms with Gasteiger partial charge in [-0.2, -0.15) is 0 Å². The summed E-state index contributed by atoms with van der Waals surface area (Å²) in [6.07, 6.45) is 0.972. The van der Waals surface area contributed by atoms with E-state index in [2.05, 4.69) is 13.8 Å². The van der Waals surface area contributed by atoms with Crippen molar-refractivity contribution in [3.8, 4) is 0 Å². The summed E-state index contributed by atoms with van der Waals surface area (Å²) in [5.41, 5.74) is 7.67. The average Bonchev–Trinajstić information content (AvgIpc) is 2.58. The molecular formula is C13H16ClNO. The first-order chi connectivity index (χ1) is 7.63. The number of rotatable bonds is 3. The molecule has 2 aromatic rings. The van der Waals surface area contributed by atoms with E-state index in [1.807, 2.05) is 18.2 Å². The van der Waals surface area contributed by atoms with Crippen LogP contribution in [0.4, 0.5) is 0 Å². The van der Waals surface area contributed by atoms with Gasteiger partial charge in [-0.25, -0.2) is 0 Å². The van der Waals surface area contributed by atoms with E-state index in [9.17, 15) is 0 Å². The molecule has 0 bridgehead atoms. The summed E-state index contributed by atoms with van der Waals surface area (Å²) in [5, 5.41) is 1.75. The summed E-state index contributed by atoms with van der Waals surface area (Å²) >= 11 is 6.10. The fraction of sp³-hybridized carbons (Fsp3) is 0.385. The molecule has 0 spiro atoms. The van der Waals surface area contributed by atoms with Gasteiger partial charge in [0.05, 0.1) is 11.6 Å². The van der Waals surface area contributed by atoms with Crippen molar-refractivity contribution in [3.63, 3.8) is 0 Å². The van der Waals surface area contributed by atoms with Crippen molar-refractivity contribution in [2.45, 2.75) is 26.8 Å². The second-order valence-corrected chi connectivity index (χ2v) is 4.83. The molecule has 0 unspecified atom stereocenters. The van der Waals surface area contributed by atoms with Gasteiger partial charge < -0.3 is 10.2 Å². The Bertz CT molecular complexity index is 502. The van der Waals surface area contributed by atoms with Crippen LogP contribution in [0.5, 0.6) is 0 Å². The SMILES string of the molecule is CC(C)Cc1c(CN)oc2c(Cl)cccc12. The Labute approximate surface area is 100 Å². The predicted molar refractivity (Wildman–Crippen MR) is 67.7 cm³/mol. The van der Waals surface area contributed by atoms with Crippen molar-refractivity contribution in [2.24, 2.45) is 11.7 Å². The normalized spacial score (nSPS) is 11.6. The van der Waals surface area contributed by atoms with Gasteiger partial charge in [-0.3, -0.25) is 0 Å². The fourth-order valence-electron chi connectivity index (χ4n) is 1.98. The van der Waals surface area contributed by atoms with Gasteiger partial charge in [0.15, 0.2) is 5.58 Å². The molecule has 0 atom stereocenters. The number of hydrogen-bond donors (Lipinski definition) is 1. The number of furan rings is 1. The van der Waals surface area contributed by atoms with E-state index in [1.165, 1.54) is 5.56 Å². The molecule has 3 heteroatoms. The van der Waals surface area contributed by atoms with E-state index >= 15 is 0 Å². The highest BCUT2D eigenvalue weighted by Gasteiger charge is 2.15. The molecule has 1 aromatic carbocycles. The molecule has 2 rings (SSSR count). The van der Waals surface area contributed by atoms with Crippen molar-refractivity contribution in [1.82, 2.24) is 0 Å². The zero-order valence-electron chi connectivity index (χ0n) is 9.59. The smallest absolute Gasteiger partial charge is 0.153 e. The van der Waals surface area contributed by atoms with Crippen LogP contribution in [0.2, 0.25) is 5.02 Å². The Morgan fingerprint density at radius 2 is 2.12 bits per heavy atom. The van der Waals surface area contributed by atoms with Crippen LogP contribution in [0.3, 0.4) is 0 Å². The van der Waals surface area contributed by atoms with Crippen LogP contribution in [0.15, 0.2) is 22.6 Å². The molecule has 0 fully saturated rings. The van der Waals surface area contributed by atoms with Gasteiger partial charge >= 0.3 is 0 Å². The van der Waals surface area contributed by atoms with E-state index in [4.69, 9.17) is 21.8 Å². The maximum Gasteiger partial charge on any atom is 0.153 e. The molecule has 0 saturated heterocycles. The highest BCUT2D eigenvalue weighted by Crippen LogP contribution is 2.32. The first-order valence-electron chi connectivity index (χ1n) is 5.52. The van der Waals surface area contributed by atoms with Crippen molar-refractivity contribution in [1.29, 1.82) is 0 Å². The zero-order chi connectivity index (χ0) is 11.7. The maximum absolute atomic E-state index is 6.10. The standard InChI is InChI=1S/C13H16ClNO/c1-8(2)6-10-9-4-3-5-11(14)13(9)16-12(10)7-15/h3-5,8H,6-7,15H2,1-2H3. The molecule has 0 aliphatic rings. The third-order valence-corrected chi connectivity index (χ3v) is 2.95. The van der Waals surface area contributed by atoms with E-state index in [-0.39, 0.29) is 0 Å². The number of hydrogen-bond acceptors (Lipinski definition) is 2. The molecule has 0 aliphatic heterocycles. The third kappa shape index (κ3) is 1.95. The van der Waals surface area contributed by atoms with Gasteiger partial charge in [-0.15, -0.1) is 0 Å². The number of nitrogens with two attached hydrogens (primary N) is 1. The molecule has 0 saturated carbocycles. The Morgan fingerprint density at radius 1 is 1.38 bits per heavy atom. The van der Waals surface area contributed by atoms with E-state index in [0.29, 0.717) is 17.5 Å². The first kappa shape index (κ1) is 11.5. The average molecular weight is 238 g/mol. The van der Waals surface area contributed by atoms with Gasteiger partial charge in [0.2, 0.25) is 0 Å². The highest BCUT2D eigenvalue weighted by atomic mass is 35.5. The van der Waals surface area contributed by atoms with Crippen LogP contribution in [0.25, 0.3) is 11.0 Å². The van der Waals surface area contributed by atoms with Crippen LogP contribution >= 0.6 is 11.6 Å². The third-order valence-electron chi connectivity index (χ3n) is 2.65. The molecule has 1 heterocycles. The van der Waals surface area contributed by atoms with E-state index in [1.54, 1.807) is 0 Å². The number of para-hydroxylation sites is 1. The lowest BCUT2D eigenvalue weighted by Crippen LogP contribution is -2.01. The van der Waals surface area contributed by atoms with Gasteiger partial charge in [0.1, 0.15) is 5.76 Å². The quantitative estimate of drug-likeness (QED) is 0.883. The topological polar surface area (TPSA) is 39.2 Å². The lowest BCUT2D eigenvalue weighted by molar-refractivity contribution is 0.536. The summed E-state index contributed by atoms with van der Waals surface area (Å²) in [5.74, 6) is 1.43. The predicted octanol–water partition coefficient (Wildman–Crippen LogP) is 3.74. The Kier molecular flexibility index (Phi) is 3.22. The fourth-order valence-corrected chi connectivity index (χ4v) is 2.20. The maximum atomic E-state index is 6.10. The van der Waals surface area contributed by atoms with Gasteiger partial charge in [-0.1, -0.05) is 37.6 Å². The van der Waals surface area contributed by atoms with Gasteiger partial charge in [0, 0.05) is 10.9 Å². The van der Waals surface area contributed by atoms with Crippen LogP contribution in [0.1, 0.15) is 25.2 Å². The second-order valence-electron chi connectivity index (χ2n) is 4.42. The molecule has 1 aromatic heterocycles. The Morgan fingerprint density at radius 3 is 2.75 bits per heavy atom. The molecule has 2 nitrogen and oxygen atoms in total. The molecular weight excluding hydrogens is 222 g/mol. The summed E-state index contributed by atoms with van der Waals surface area (Å²) in [7, 11) is 0.